The summed E-state index contributed by atoms with van der Waals surface area (Å²) in [5.41, 5.74) is 1.38. The van der Waals surface area contributed by atoms with Gasteiger partial charge in [0, 0.05) is 6.04 Å². The third kappa shape index (κ3) is 1.69. The Bertz CT molecular complexity index is 317. The van der Waals surface area contributed by atoms with Crippen molar-refractivity contribution < 1.29 is 5.11 Å². The minimum atomic E-state index is 0.0942. The van der Waals surface area contributed by atoms with Crippen LogP contribution >= 0.6 is 0 Å². The highest BCUT2D eigenvalue weighted by atomic mass is 16.3. The quantitative estimate of drug-likeness (QED) is 0.783. The number of hydrogen-bond acceptors (Lipinski definition) is 2. The third-order valence-corrected chi connectivity index (χ3v) is 3.24. The predicted octanol–water partition coefficient (Wildman–Crippen LogP) is 2.13. The Hall–Kier alpha value is -0.830. The molecule has 1 atom stereocenters. The Morgan fingerprint density at radius 3 is 3.00 bits per heavy atom. The molecule has 1 unspecified atom stereocenters. The van der Waals surface area contributed by atoms with Gasteiger partial charge in [0.15, 0.2) is 0 Å². The molecule has 0 spiro atoms. The van der Waals surface area contributed by atoms with Crippen LogP contribution in [-0.4, -0.2) is 14.7 Å². The second-order valence-electron chi connectivity index (χ2n) is 5.01. The van der Waals surface area contributed by atoms with E-state index in [0.29, 0.717) is 11.5 Å². The maximum Gasteiger partial charge on any atom is 0.0951 e. The fourth-order valence-corrected chi connectivity index (χ4v) is 2.42. The Morgan fingerprint density at radius 1 is 1.64 bits per heavy atom. The van der Waals surface area contributed by atoms with Crippen molar-refractivity contribution in [3.05, 3.63) is 18.2 Å². The minimum Gasteiger partial charge on any atom is -0.390 e. The molecular formula is C11H18N2O. The average Bonchev–Trinajstić information content (AvgIpc) is 2.70. The highest BCUT2D eigenvalue weighted by Crippen LogP contribution is 2.43. The molecule has 1 saturated carbocycles. The van der Waals surface area contributed by atoms with Crippen LogP contribution in [0.15, 0.2) is 12.5 Å². The lowest BCUT2D eigenvalue weighted by Gasteiger charge is -2.18. The van der Waals surface area contributed by atoms with Gasteiger partial charge in [-0.05, 0) is 24.7 Å². The van der Waals surface area contributed by atoms with Gasteiger partial charge in [-0.1, -0.05) is 13.8 Å². The molecule has 1 heterocycles. The van der Waals surface area contributed by atoms with Gasteiger partial charge in [0.1, 0.15) is 0 Å². The highest BCUT2D eigenvalue weighted by Gasteiger charge is 2.32. The summed E-state index contributed by atoms with van der Waals surface area (Å²) in [4.78, 5) is 4.09. The molecule has 1 fully saturated rings. The van der Waals surface area contributed by atoms with Gasteiger partial charge in [0.25, 0.3) is 0 Å². The summed E-state index contributed by atoms with van der Waals surface area (Å²) in [6, 6.07) is 0.537. The lowest BCUT2D eigenvalue weighted by Crippen LogP contribution is -2.10. The van der Waals surface area contributed by atoms with Gasteiger partial charge in [0.2, 0.25) is 0 Å². The molecule has 0 aliphatic heterocycles. The third-order valence-electron chi connectivity index (χ3n) is 3.24. The van der Waals surface area contributed by atoms with Crippen molar-refractivity contribution in [2.24, 2.45) is 5.41 Å². The van der Waals surface area contributed by atoms with Crippen molar-refractivity contribution in [2.45, 2.75) is 45.8 Å². The summed E-state index contributed by atoms with van der Waals surface area (Å²) in [6.45, 7) is 4.71. The van der Waals surface area contributed by atoms with Crippen molar-refractivity contribution in [3.8, 4) is 0 Å². The van der Waals surface area contributed by atoms with Crippen molar-refractivity contribution in [3.63, 3.8) is 0 Å². The lowest BCUT2D eigenvalue weighted by atomic mass is 9.92. The summed E-state index contributed by atoms with van der Waals surface area (Å²) >= 11 is 0. The summed E-state index contributed by atoms with van der Waals surface area (Å²) in [7, 11) is 0. The molecule has 14 heavy (non-hydrogen) atoms. The van der Waals surface area contributed by atoms with Crippen LogP contribution in [0.3, 0.4) is 0 Å². The zero-order chi connectivity index (χ0) is 10.2. The topological polar surface area (TPSA) is 38.0 Å². The van der Waals surface area contributed by atoms with Gasteiger partial charge >= 0.3 is 0 Å². The van der Waals surface area contributed by atoms with Crippen molar-refractivity contribution in [1.29, 1.82) is 0 Å². The molecule has 0 bridgehead atoms. The van der Waals surface area contributed by atoms with Crippen LogP contribution in [0, 0.1) is 5.41 Å². The van der Waals surface area contributed by atoms with E-state index in [1.165, 1.54) is 19.3 Å². The zero-order valence-corrected chi connectivity index (χ0v) is 8.90. The molecule has 0 radical (unpaired) electrons. The summed E-state index contributed by atoms with van der Waals surface area (Å²) in [5.74, 6) is 0. The minimum absolute atomic E-state index is 0.0942. The number of aliphatic hydroxyl groups is 1. The van der Waals surface area contributed by atoms with Crippen LogP contribution in [0.1, 0.15) is 44.8 Å². The number of aromatic nitrogens is 2. The lowest BCUT2D eigenvalue weighted by molar-refractivity contribution is 0.263. The van der Waals surface area contributed by atoms with E-state index < -0.39 is 0 Å². The first kappa shape index (κ1) is 9.71. The molecule has 0 amide bonds. The SMILES string of the molecule is CC1(C)CCC(n2cncc2CO)C1. The van der Waals surface area contributed by atoms with Gasteiger partial charge in [-0.2, -0.15) is 0 Å². The first-order valence-electron chi connectivity index (χ1n) is 5.24. The first-order chi connectivity index (χ1) is 6.62. The molecule has 2 rings (SSSR count). The monoisotopic (exact) mass is 194 g/mol. The van der Waals surface area contributed by atoms with Gasteiger partial charge in [-0.25, -0.2) is 4.98 Å². The summed E-state index contributed by atoms with van der Waals surface area (Å²) in [6.07, 6.45) is 7.26. The summed E-state index contributed by atoms with van der Waals surface area (Å²) < 4.78 is 2.13. The normalized spacial score (nSPS) is 25.5. The molecule has 1 aromatic heterocycles. The standard InChI is InChI=1S/C11H18N2O/c1-11(2)4-3-9(5-11)13-8-12-6-10(13)7-14/h6,8-9,14H,3-5,7H2,1-2H3. The largest absolute Gasteiger partial charge is 0.390 e. The number of nitrogens with zero attached hydrogens (tertiary/aromatic N) is 2. The smallest absolute Gasteiger partial charge is 0.0951 e. The van der Waals surface area contributed by atoms with Crippen LogP contribution in [0.25, 0.3) is 0 Å². The van der Waals surface area contributed by atoms with E-state index in [2.05, 4.69) is 23.4 Å². The Labute approximate surface area is 84.8 Å². The Morgan fingerprint density at radius 2 is 2.43 bits per heavy atom. The van der Waals surface area contributed by atoms with E-state index in [-0.39, 0.29) is 6.61 Å². The predicted molar refractivity (Wildman–Crippen MR) is 54.8 cm³/mol. The number of hydrogen-bond donors (Lipinski definition) is 1. The molecule has 78 valence electrons. The van der Waals surface area contributed by atoms with Gasteiger partial charge in [0.05, 0.1) is 24.8 Å². The first-order valence-corrected chi connectivity index (χ1v) is 5.24. The average molecular weight is 194 g/mol. The van der Waals surface area contributed by atoms with Gasteiger partial charge in [-0.15, -0.1) is 0 Å². The number of rotatable bonds is 2. The highest BCUT2D eigenvalue weighted by molar-refractivity contribution is 5.01. The van der Waals surface area contributed by atoms with Crippen LogP contribution in [-0.2, 0) is 6.61 Å². The maximum absolute atomic E-state index is 9.14. The molecule has 1 aliphatic rings. The van der Waals surface area contributed by atoms with Crippen LogP contribution in [0.2, 0.25) is 0 Å². The van der Waals surface area contributed by atoms with Gasteiger partial charge < -0.3 is 9.67 Å². The number of imidazole rings is 1. The second kappa shape index (κ2) is 3.39. The molecule has 3 nitrogen and oxygen atoms in total. The Kier molecular flexibility index (Phi) is 2.35. The molecule has 3 heteroatoms. The maximum atomic E-state index is 9.14. The van der Waals surface area contributed by atoms with E-state index in [0.717, 1.165) is 5.69 Å². The van der Waals surface area contributed by atoms with E-state index in [1.807, 2.05) is 6.33 Å². The molecule has 1 N–H and O–H groups in total. The zero-order valence-electron chi connectivity index (χ0n) is 8.90. The van der Waals surface area contributed by atoms with Crippen molar-refractivity contribution >= 4 is 0 Å². The fraction of sp³-hybridized carbons (Fsp3) is 0.727. The van der Waals surface area contributed by atoms with Crippen LogP contribution in [0.5, 0.6) is 0 Å². The van der Waals surface area contributed by atoms with Gasteiger partial charge in [-0.3, -0.25) is 0 Å². The second-order valence-corrected chi connectivity index (χ2v) is 5.01. The van der Waals surface area contributed by atoms with E-state index in [4.69, 9.17) is 5.11 Å². The van der Waals surface area contributed by atoms with Crippen molar-refractivity contribution in [2.75, 3.05) is 0 Å². The fourth-order valence-electron chi connectivity index (χ4n) is 2.42. The van der Waals surface area contributed by atoms with Crippen LogP contribution in [0.4, 0.5) is 0 Å². The Balaban J connectivity index is 2.17. The summed E-state index contributed by atoms with van der Waals surface area (Å²) in [5, 5.41) is 9.14. The molecular weight excluding hydrogens is 176 g/mol. The van der Waals surface area contributed by atoms with Crippen molar-refractivity contribution in [1.82, 2.24) is 9.55 Å². The van der Waals surface area contributed by atoms with E-state index in [9.17, 15) is 0 Å². The molecule has 1 aromatic rings. The van der Waals surface area contributed by atoms with Crippen LogP contribution < -0.4 is 0 Å². The number of aliphatic hydroxyl groups excluding tert-OH is 1. The molecule has 1 aliphatic carbocycles. The van der Waals surface area contributed by atoms with E-state index in [1.54, 1.807) is 6.20 Å². The van der Waals surface area contributed by atoms with E-state index >= 15 is 0 Å². The molecule has 0 saturated heterocycles. The molecule has 0 aromatic carbocycles.